The number of hydrogen-bond acceptors (Lipinski definition) is 3. The number of thioether (sulfide) groups is 1. The van der Waals surface area contributed by atoms with Crippen LogP contribution >= 0.6 is 11.8 Å². The summed E-state index contributed by atoms with van der Waals surface area (Å²) in [4.78, 5) is 11.4. The number of nitro groups is 1. The second-order valence-corrected chi connectivity index (χ2v) is 5.07. The molecular formula is C15H15N2O2S+. The van der Waals surface area contributed by atoms with Gasteiger partial charge in [-0.2, -0.15) is 0 Å². The van der Waals surface area contributed by atoms with Crippen molar-refractivity contribution >= 4 is 23.5 Å². The van der Waals surface area contributed by atoms with E-state index in [1.807, 2.05) is 30.8 Å². The third kappa shape index (κ3) is 3.93. The van der Waals surface area contributed by atoms with E-state index in [4.69, 9.17) is 0 Å². The van der Waals surface area contributed by atoms with Gasteiger partial charge in [-0.3, -0.25) is 10.1 Å². The largest absolute Gasteiger partial charge is 0.269 e. The first kappa shape index (κ1) is 14.3. The molecule has 0 atom stereocenters. The van der Waals surface area contributed by atoms with Crippen LogP contribution in [-0.4, -0.2) is 11.2 Å². The number of allylic oxidation sites excluding steroid dienone is 1. The average molecular weight is 287 g/mol. The lowest BCUT2D eigenvalue weighted by Crippen LogP contribution is -2.31. The zero-order chi connectivity index (χ0) is 14.4. The van der Waals surface area contributed by atoms with Crippen LogP contribution in [-0.2, 0) is 6.54 Å². The molecule has 0 amide bonds. The van der Waals surface area contributed by atoms with Crippen LogP contribution in [0.4, 0.5) is 5.69 Å². The van der Waals surface area contributed by atoms with Gasteiger partial charge in [-0.05, 0) is 30.0 Å². The first-order valence-corrected chi connectivity index (χ1v) is 7.35. The summed E-state index contributed by atoms with van der Waals surface area (Å²) in [5, 5.41) is 10.5. The van der Waals surface area contributed by atoms with E-state index in [9.17, 15) is 10.1 Å². The van der Waals surface area contributed by atoms with Crippen molar-refractivity contribution in [1.29, 1.82) is 0 Å². The van der Waals surface area contributed by atoms with Crippen molar-refractivity contribution < 1.29 is 9.49 Å². The third-order valence-corrected chi connectivity index (χ3v) is 3.57. The fourth-order valence-electron chi connectivity index (χ4n) is 1.72. The van der Waals surface area contributed by atoms with Crippen molar-refractivity contribution in [2.24, 2.45) is 0 Å². The zero-order valence-electron chi connectivity index (χ0n) is 11.1. The van der Waals surface area contributed by atoms with Gasteiger partial charge >= 0.3 is 0 Å². The summed E-state index contributed by atoms with van der Waals surface area (Å²) in [6.07, 6.45) is 10.1. The average Bonchev–Trinajstić information content (AvgIpc) is 2.48. The van der Waals surface area contributed by atoms with E-state index in [-0.39, 0.29) is 5.69 Å². The molecule has 0 aliphatic rings. The maximum Gasteiger partial charge on any atom is 0.269 e. The van der Waals surface area contributed by atoms with Crippen molar-refractivity contribution in [1.82, 2.24) is 0 Å². The predicted octanol–water partition coefficient (Wildman–Crippen LogP) is 3.32. The Kier molecular flexibility index (Phi) is 4.90. The van der Waals surface area contributed by atoms with E-state index >= 15 is 0 Å². The Labute approximate surface area is 121 Å². The van der Waals surface area contributed by atoms with E-state index in [0.717, 1.165) is 12.1 Å². The van der Waals surface area contributed by atoms with Gasteiger partial charge in [0.25, 0.3) is 5.69 Å². The number of nitro benzene ring substituents is 1. The van der Waals surface area contributed by atoms with Gasteiger partial charge in [-0.25, -0.2) is 4.57 Å². The van der Waals surface area contributed by atoms with Gasteiger partial charge in [0.05, 0.1) is 4.92 Å². The molecule has 5 heteroatoms. The van der Waals surface area contributed by atoms with Crippen LogP contribution in [0.2, 0.25) is 0 Å². The van der Waals surface area contributed by atoms with Crippen LogP contribution in [0.5, 0.6) is 0 Å². The first-order chi connectivity index (χ1) is 9.69. The highest BCUT2D eigenvalue weighted by Gasteiger charge is 2.02. The highest BCUT2D eigenvalue weighted by molar-refractivity contribution is 7.98. The molecule has 1 heterocycles. The molecule has 0 N–H and O–H groups in total. The van der Waals surface area contributed by atoms with Crippen LogP contribution in [0.1, 0.15) is 5.56 Å². The molecule has 0 unspecified atom stereocenters. The minimum atomic E-state index is -0.392. The smallest absolute Gasteiger partial charge is 0.258 e. The van der Waals surface area contributed by atoms with Crippen LogP contribution < -0.4 is 4.57 Å². The molecule has 0 saturated carbocycles. The van der Waals surface area contributed by atoms with Crippen molar-refractivity contribution in [2.75, 3.05) is 6.26 Å². The van der Waals surface area contributed by atoms with Crippen LogP contribution in [0, 0.1) is 10.1 Å². The first-order valence-electron chi connectivity index (χ1n) is 6.13. The molecule has 2 aromatic rings. The van der Waals surface area contributed by atoms with E-state index < -0.39 is 4.92 Å². The Hall–Kier alpha value is -2.14. The number of benzene rings is 1. The summed E-state index contributed by atoms with van der Waals surface area (Å²) in [6.45, 7) is 0.769. The minimum absolute atomic E-state index is 0.115. The lowest BCUT2D eigenvalue weighted by Gasteiger charge is -1.95. The van der Waals surface area contributed by atoms with Gasteiger partial charge in [0.15, 0.2) is 18.9 Å². The lowest BCUT2D eigenvalue weighted by atomic mass is 10.2. The molecule has 0 spiro atoms. The number of rotatable bonds is 5. The molecule has 0 radical (unpaired) electrons. The molecule has 4 nitrogen and oxygen atoms in total. The topological polar surface area (TPSA) is 47.0 Å². The zero-order valence-corrected chi connectivity index (χ0v) is 11.9. The summed E-state index contributed by atoms with van der Waals surface area (Å²) in [5.41, 5.74) is 1.07. The normalized spacial score (nSPS) is 10.8. The molecule has 0 saturated heterocycles. The van der Waals surface area contributed by atoms with Gasteiger partial charge in [-0.1, -0.05) is 6.08 Å². The summed E-state index contributed by atoms with van der Waals surface area (Å²) in [5.74, 6) is 0. The lowest BCUT2D eigenvalue weighted by molar-refractivity contribution is -0.687. The van der Waals surface area contributed by atoms with Gasteiger partial charge in [0.2, 0.25) is 0 Å². The van der Waals surface area contributed by atoms with E-state index in [0.29, 0.717) is 0 Å². The maximum absolute atomic E-state index is 10.5. The number of nitrogens with zero attached hydrogens (tertiary/aromatic N) is 2. The van der Waals surface area contributed by atoms with Gasteiger partial charge in [0.1, 0.15) is 0 Å². The van der Waals surface area contributed by atoms with Gasteiger partial charge in [0, 0.05) is 29.2 Å². The Bertz CT molecular complexity index is 607. The summed E-state index contributed by atoms with van der Waals surface area (Å²) < 4.78 is 2.07. The highest BCUT2D eigenvalue weighted by atomic mass is 32.2. The number of pyridine rings is 1. The predicted molar refractivity (Wildman–Crippen MR) is 80.5 cm³/mol. The maximum atomic E-state index is 10.5. The van der Waals surface area contributed by atoms with E-state index in [1.54, 1.807) is 23.9 Å². The molecule has 1 aromatic carbocycles. The third-order valence-electron chi connectivity index (χ3n) is 2.83. The molecule has 2 rings (SSSR count). The van der Waals surface area contributed by atoms with Crippen LogP contribution in [0.25, 0.3) is 6.08 Å². The minimum Gasteiger partial charge on any atom is -0.258 e. The van der Waals surface area contributed by atoms with Gasteiger partial charge < -0.3 is 0 Å². The quantitative estimate of drug-likeness (QED) is 0.367. The summed E-state index contributed by atoms with van der Waals surface area (Å²) >= 11 is 1.72. The summed E-state index contributed by atoms with van der Waals surface area (Å²) in [7, 11) is 0. The molecule has 0 aliphatic heterocycles. The molecule has 0 bridgehead atoms. The van der Waals surface area contributed by atoms with Crippen LogP contribution in [0.3, 0.4) is 0 Å². The number of hydrogen-bond donors (Lipinski definition) is 0. The molecular weight excluding hydrogens is 272 g/mol. The summed E-state index contributed by atoms with van der Waals surface area (Å²) in [6, 6.07) is 10.7. The second kappa shape index (κ2) is 6.86. The molecule has 0 aliphatic carbocycles. The Balaban J connectivity index is 1.96. The molecule has 20 heavy (non-hydrogen) atoms. The van der Waals surface area contributed by atoms with Crippen molar-refractivity contribution in [2.45, 2.75) is 11.4 Å². The Morgan fingerprint density at radius 2 is 1.85 bits per heavy atom. The van der Waals surface area contributed by atoms with Crippen LogP contribution in [0.15, 0.2) is 59.8 Å². The van der Waals surface area contributed by atoms with Crippen molar-refractivity contribution in [3.8, 4) is 0 Å². The Morgan fingerprint density at radius 1 is 1.20 bits per heavy atom. The van der Waals surface area contributed by atoms with E-state index in [1.165, 1.54) is 17.0 Å². The SMILES string of the molecule is CSc1cc[n+](CC=Cc2ccc([N+](=O)[O-])cc2)cc1. The fourth-order valence-corrected chi connectivity index (χ4v) is 2.11. The van der Waals surface area contributed by atoms with Crippen molar-refractivity contribution in [3.05, 3.63) is 70.5 Å². The number of non-ortho nitro benzene ring substituents is 1. The second-order valence-electron chi connectivity index (χ2n) is 4.19. The van der Waals surface area contributed by atoms with Crippen molar-refractivity contribution in [3.63, 3.8) is 0 Å². The highest BCUT2D eigenvalue weighted by Crippen LogP contribution is 2.13. The molecule has 1 aromatic heterocycles. The molecule has 0 fully saturated rings. The van der Waals surface area contributed by atoms with E-state index in [2.05, 4.69) is 16.7 Å². The number of aromatic nitrogens is 1. The van der Waals surface area contributed by atoms with Gasteiger partial charge in [-0.15, -0.1) is 11.8 Å². The monoisotopic (exact) mass is 287 g/mol. The fraction of sp³-hybridized carbons (Fsp3) is 0.133. The Morgan fingerprint density at radius 3 is 2.40 bits per heavy atom. The molecule has 102 valence electrons. The standard InChI is InChI=1S/C15H15N2O2S/c1-20-15-8-11-16(12-9-15)10-2-3-13-4-6-14(7-5-13)17(18)19/h2-9,11-12H,10H2,1H3/q+1.